The molecule has 32 heavy (non-hydrogen) atoms. The lowest BCUT2D eigenvalue weighted by Gasteiger charge is -2.19. The molecule has 0 saturated heterocycles. The average Bonchev–Trinajstić information content (AvgIpc) is 3.21. The number of benzene rings is 2. The summed E-state index contributed by atoms with van der Waals surface area (Å²) in [6.07, 6.45) is 0. The van der Waals surface area contributed by atoms with E-state index in [1.807, 2.05) is 75.4 Å². The first-order valence-corrected chi connectivity index (χ1v) is 10.4. The molecule has 162 valence electrons. The topological polar surface area (TPSA) is 75.4 Å². The van der Waals surface area contributed by atoms with Crippen molar-refractivity contribution < 1.29 is 14.0 Å². The summed E-state index contributed by atoms with van der Waals surface area (Å²) in [7, 11) is 1.62. The molecule has 6 nitrogen and oxygen atoms in total. The van der Waals surface area contributed by atoms with Crippen molar-refractivity contribution in [1.29, 1.82) is 0 Å². The van der Waals surface area contributed by atoms with Crippen molar-refractivity contribution in [2.75, 3.05) is 18.9 Å². The molecule has 0 radical (unpaired) electrons. The molecule has 0 bridgehead atoms. The Morgan fingerprint density at radius 2 is 1.69 bits per heavy atom. The van der Waals surface area contributed by atoms with E-state index in [1.165, 1.54) is 4.90 Å². The van der Waals surface area contributed by atoms with Gasteiger partial charge in [-0.3, -0.25) is 9.59 Å². The lowest BCUT2D eigenvalue weighted by atomic mass is 10.1. The van der Waals surface area contributed by atoms with Gasteiger partial charge in [-0.1, -0.05) is 36.4 Å². The van der Waals surface area contributed by atoms with Crippen LogP contribution in [0.1, 0.15) is 27.2 Å². The van der Waals surface area contributed by atoms with E-state index >= 15 is 0 Å². The minimum atomic E-state index is -0.259. The summed E-state index contributed by atoms with van der Waals surface area (Å²) < 4.78 is 5.72. The molecular formula is C26H25N3O3. The summed E-state index contributed by atoms with van der Waals surface area (Å²) in [4.78, 5) is 32.1. The Hall–Kier alpha value is -3.93. The average molecular weight is 428 g/mol. The van der Waals surface area contributed by atoms with Gasteiger partial charge in [0.15, 0.2) is 5.76 Å². The maximum atomic E-state index is 13.4. The number of furan rings is 1. The number of pyridine rings is 1. The molecule has 2 heterocycles. The van der Waals surface area contributed by atoms with E-state index in [2.05, 4.69) is 10.3 Å². The smallest absolute Gasteiger partial charge is 0.254 e. The van der Waals surface area contributed by atoms with Crippen LogP contribution in [0.25, 0.3) is 22.4 Å². The van der Waals surface area contributed by atoms with Crippen molar-refractivity contribution in [3.8, 4) is 11.5 Å². The number of nitrogens with zero attached hydrogens (tertiary/aromatic N) is 2. The first-order valence-electron chi connectivity index (χ1n) is 10.4. The summed E-state index contributed by atoms with van der Waals surface area (Å²) in [5.74, 6) is 0.851. The van der Waals surface area contributed by atoms with Crippen LogP contribution in [0.4, 0.5) is 5.69 Å². The van der Waals surface area contributed by atoms with Crippen LogP contribution in [0.3, 0.4) is 0 Å². The molecule has 2 aromatic carbocycles. The Morgan fingerprint density at radius 1 is 0.969 bits per heavy atom. The molecule has 6 heteroatoms. The number of likely N-dealkylation sites (N-methyl/N-ethyl adjacent to an activating group) is 1. The largest absolute Gasteiger partial charge is 0.460 e. The van der Waals surface area contributed by atoms with E-state index in [9.17, 15) is 9.59 Å². The maximum absolute atomic E-state index is 13.4. The first-order chi connectivity index (χ1) is 15.3. The number of hydrogen-bond donors (Lipinski definition) is 1. The summed E-state index contributed by atoms with van der Waals surface area (Å²) in [6.45, 7) is 5.68. The van der Waals surface area contributed by atoms with Crippen LogP contribution in [0, 0.1) is 20.8 Å². The molecule has 0 spiro atoms. The molecule has 0 saturated carbocycles. The number of amides is 2. The number of para-hydroxylation sites is 2. The number of hydrogen-bond acceptors (Lipinski definition) is 4. The lowest BCUT2D eigenvalue weighted by molar-refractivity contribution is -0.116. The van der Waals surface area contributed by atoms with E-state index in [0.29, 0.717) is 22.5 Å². The predicted molar refractivity (Wildman–Crippen MR) is 126 cm³/mol. The highest BCUT2D eigenvalue weighted by Gasteiger charge is 2.20. The Morgan fingerprint density at radius 3 is 2.38 bits per heavy atom. The molecule has 2 aromatic heterocycles. The molecular weight excluding hydrogens is 402 g/mol. The summed E-state index contributed by atoms with van der Waals surface area (Å²) in [5.41, 5.74) is 4.48. The fourth-order valence-corrected chi connectivity index (χ4v) is 3.73. The van der Waals surface area contributed by atoms with Crippen LogP contribution in [-0.2, 0) is 4.79 Å². The minimum absolute atomic E-state index is 0.0710. The third-order valence-corrected chi connectivity index (χ3v) is 5.41. The number of carbonyl (C=O) groups is 2. The third-order valence-electron chi connectivity index (χ3n) is 5.41. The fourth-order valence-electron chi connectivity index (χ4n) is 3.73. The van der Waals surface area contributed by atoms with Gasteiger partial charge in [0.25, 0.3) is 5.91 Å². The molecule has 4 aromatic rings. The first kappa shape index (κ1) is 21.3. The number of nitrogens with one attached hydrogen (secondary N) is 1. The Balaban J connectivity index is 1.62. The molecule has 0 fully saturated rings. The van der Waals surface area contributed by atoms with E-state index in [0.717, 1.165) is 28.0 Å². The maximum Gasteiger partial charge on any atom is 0.254 e. The fraction of sp³-hybridized carbons (Fsp3) is 0.192. The van der Waals surface area contributed by atoms with Gasteiger partial charge in [-0.15, -0.1) is 0 Å². The van der Waals surface area contributed by atoms with Crippen molar-refractivity contribution in [2.45, 2.75) is 20.8 Å². The third kappa shape index (κ3) is 4.25. The van der Waals surface area contributed by atoms with Crippen LogP contribution in [0.15, 0.2) is 65.1 Å². The lowest BCUT2D eigenvalue weighted by Crippen LogP contribution is -2.35. The minimum Gasteiger partial charge on any atom is -0.460 e. The zero-order valence-electron chi connectivity index (χ0n) is 18.6. The van der Waals surface area contributed by atoms with E-state index in [4.69, 9.17) is 4.42 Å². The quantitative estimate of drug-likeness (QED) is 0.479. The zero-order chi connectivity index (χ0) is 22.8. The highest BCUT2D eigenvalue weighted by Crippen LogP contribution is 2.27. The second kappa shape index (κ2) is 8.67. The Bertz CT molecular complexity index is 1300. The van der Waals surface area contributed by atoms with Gasteiger partial charge in [-0.25, -0.2) is 4.98 Å². The van der Waals surface area contributed by atoms with Gasteiger partial charge in [-0.05, 0) is 56.2 Å². The van der Waals surface area contributed by atoms with Crippen molar-refractivity contribution >= 4 is 28.4 Å². The number of carbonyl (C=O) groups excluding carboxylic acids is 2. The predicted octanol–water partition coefficient (Wildman–Crippen LogP) is 5.13. The Labute approximate surface area is 186 Å². The normalized spacial score (nSPS) is 10.9. The van der Waals surface area contributed by atoms with Crippen LogP contribution in [0.5, 0.6) is 0 Å². The van der Waals surface area contributed by atoms with E-state index < -0.39 is 0 Å². The van der Waals surface area contributed by atoms with Gasteiger partial charge < -0.3 is 14.6 Å². The summed E-state index contributed by atoms with van der Waals surface area (Å²) in [5, 5.41) is 3.66. The van der Waals surface area contributed by atoms with Gasteiger partial charge in [0.05, 0.1) is 17.6 Å². The highest BCUT2D eigenvalue weighted by molar-refractivity contribution is 6.08. The van der Waals surface area contributed by atoms with Crippen molar-refractivity contribution in [3.63, 3.8) is 0 Å². The van der Waals surface area contributed by atoms with E-state index in [-0.39, 0.29) is 18.4 Å². The highest BCUT2D eigenvalue weighted by atomic mass is 16.3. The second-order valence-electron chi connectivity index (χ2n) is 7.96. The standard InChI is InChI=1S/C26H25N3O3/c1-16-8-7-9-17(2)25(16)28-24(30)15-29(4)26(31)20-14-22(23-13-12-18(3)32-23)27-21-11-6-5-10-19(20)21/h5-14H,15H2,1-4H3,(H,28,30). The van der Waals surface area contributed by atoms with E-state index in [1.54, 1.807) is 13.1 Å². The van der Waals surface area contributed by atoms with Crippen molar-refractivity contribution in [2.24, 2.45) is 0 Å². The second-order valence-corrected chi connectivity index (χ2v) is 7.96. The summed E-state index contributed by atoms with van der Waals surface area (Å²) in [6, 6.07) is 18.7. The van der Waals surface area contributed by atoms with Crippen LogP contribution >= 0.6 is 0 Å². The van der Waals surface area contributed by atoms with Crippen LogP contribution in [0.2, 0.25) is 0 Å². The number of aryl methyl sites for hydroxylation is 3. The van der Waals surface area contributed by atoms with Gasteiger partial charge in [0.1, 0.15) is 11.5 Å². The molecule has 0 aliphatic rings. The van der Waals surface area contributed by atoms with Crippen LogP contribution < -0.4 is 5.32 Å². The molecule has 0 unspecified atom stereocenters. The Kier molecular flexibility index (Phi) is 5.77. The van der Waals surface area contributed by atoms with Gasteiger partial charge in [0.2, 0.25) is 5.91 Å². The molecule has 0 aliphatic carbocycles. The van der Waals surface area contributed by atoms with Gasteiger partial charge in [0, 0.05) is 18.1 Å². The molecule has 2 amide bonds. The van der Waals surface area contributed by atoms with Crippen molar-refractivity contribution in [1.82, 2.24) is 9.88 Å². The van der Waals surface area contributed by atoms with Gasteiger partial charge in [-0.2, -0.15) is 0 Å². The van der Waals surface area contributed by atoms with Gasteiger partial charge >= 0.3 is 0 Å². The monoisotopic (exact) mass is 427 g/mol. The number of rotatable bonds is 5. The molecule has 0 aliphatic heterocycles. The molecule has 0 atom stereocenters. The van der Waals surface area contributed by atoms with Crippen molar-refractivity contribution in [3.05, 3.63) is 83.1 Å². The summed E-state index contributed by atoms with van der Waals surface area (Å²) >= 11 is 0. The van der Waals surface area contributed by atoms with Crippen LogP contribution in [-0.4, -0.2) is 35.3 Å². The molecule has 1 N–H and O–H groups in total. The zero-order valence-corrected chi connectivity index (χ0v) is 18.6. The molecule has 4 rings (SSSR count). The number of aromatic nitrogens is 1. The number of anilines is 1. The number of fused-ring (bicyclic) bond motifs is 1. The SMILES string of the molecule is Cc1ccc(-c2cc(C(=O)N(C)CC(=O)Nc3c(C)cccc3C)c3ccccc3n2)o1.